The van der Waals surface area contributed by atoms with Crippen molar-refractivity contribution in [1.29, 1.82) is 0 Å². The van der Waals surface area contributed by atoms with Crippen LogP contribution >= 0.6 is 0 Å². The van der Waals surface area contributed by atoms with Crippen molar-refractivity contribution in [3.63, 3.8) is 0 Å². The fourth-order valence-electron chi connectivity index (χ4n) is 8.95. The summed E-state index contributed by atoms with van der Waals surface area (Å²) in [5.41, 5.74) is 3.53. The van der Waals surface area contributed by atoms with Crippen LogP contribution in [0.1, 0.15) is 15.1 Å². The predicted molar refractivity (Wildman–Crippen MR) is 262 cm³/mol. The van der Waals surface area contributed by atoms with Crippen molar-refractivity contribution in [2.75, 3.05) is 4.90 Å². The van der Waals surface area contributed by atoms with Crippen LogP contribution < -0.4 is 4.90 Å². The van der Waals surface area contributed by atoms with Crippen molar-refractivity contribution >= 4 is 81.7 Å². The number of nitrogens with zero attached hydrogens (tertiary/aromatic N) is 1. The van der Waals surface area contributed by atoms with Crippen LogP contribution in [0.25, 0.3) is 98.0 Å². The van der Waals surface area contributed by atoms with Gasteiger partial charge in [-0.3, -0.25) is 0 Å². The third kappa shape index (κ3) is 5.93. The zero-order valence-electron chi connectivity index (χ0n) is 43.6. The van der Waals surface area contributed by atoms with Gasteiger partial charge in [0, 0.05) is 17.1 Å². The average Bonchev–Trinajstić information content (AvgIpc) is 3.41. The average molecular weight is 785 g/mol. The minimum Gasteiger partial charge on any atom is -0.310 e. The van der Waals surface area contributed by atoms with Crippen LogP contribution in [0.15, 0.2) is 236 Å². The van der Waals surface area contributed by atoms with E-state index in [-0.39, 0.29) is 45.5 Å². The summed E-state index contributed by atoms with van der Waals surface area (Å²) in [5.74, 6) is 0. The van der Waals surface area contributed by atoms with Gasteiger partial charge in [0.15, 0.2) is 0 Å². The van der Waals surface area contributed by atoms with Gasteiger partial charge in [0.2, 0.25) is 0 Å². The predicted octanol–water partition coefficient (Wildman–Crippen LogP) is 17.1. The number of rotatable bonds is 6. The van der Waals surface area contributed by atoms with Gasteiger partial charge in [0.25, 0.3) is 0 Å². The van der Waals surface area contributed by atoms with Gasteiger partial charge in [-0.05, 0) is 146 Å². The fraction of sp³-hybridized carbons (Fsp3) is 0. The summed E-state index contributed by atoms with van der Waals surface area (Å²) in [6.45, 7) is 0. The van der Waals surface area contributed by atoms with Crippen molar-refractivity contribution < 1.29 is 15.1 Å². The number of hydrogen-bond donors (Lipinski definition) is 0. The van der Waals surface area contributed by atoms with Crippen molar-refractivity contribution in [2.45, 2.75) is 0 Å². The fourth-order valence-corrected chi connectivity index (χ4v) is 8.95. The van der Waals surface area contributed by atoms with Crippen molar-refractivity contribution in [2.24, 2.45) is 0 Å². The molecule has 0 bridgehead atoms. The van der Waals surface area contributed by atoms with Crippen LogP contribution in [-0.2, 0) is 0 Å². The van der Waals surface area contributed by atoms with Crippen LogP contribution in [0.3, 0.4) is 0 Å². The highest BCUT2D eigenvalue weighted by atomic mass is 15.1. The molecule has 0 spiro atoms. The normalized spacial score (nSPS) is 14.1. The van der Waals surface area contributed by atoms with Crippen LogP contribution in [0.4, 0.5) is 17.1 Å². The van der Waals surface area contributed by atoms with Crippen molar-refractivity contribution in [3.8, 4) is 33.4 Å². The molecule has 0 aliphatic heterocycles. The summed E-state index contributed by atoms with van der Waals surface area (Å²) in [6.07, 6.45) is 0. The second-order valence-electron chi connectivity index (χ2n) is 15.2. The van der Waals surface area contributed by atoms with E-state index in [4.69, 9.17) is 5.48 Å². The molecule has 0 heterocycles. The van der Waals surface area contributed by atoms with Gasteiger partial charge in [-0.15, -0.1) is 0 Å². The van der Waals surface area contributed by atoms with Crippen LogP contribution in [0.5, 0.6) is 0 Å². The molecule has 0 saturated carbocycles. The summed E-state index contributed by atoms with van der Waals surface area (Å²) in [5, 5.41) is 8.87. The Kier molecular flexibility index (Phi) is 6.00. The first-order valence-electron chi connectivity index (χ1n) is 25.7. The van der Waals surface area contributed by atoms with Gasteiger partial charge in [-0.2, -0.15) is 0 Å². The molecule has 1 heteroatoms. The van der Waals surface area contributed by atoms with Crippen LogP contribution in [0.2, 0.25) is 0 Å². The summed E-state index contributed by atoms with van der Waals surface area (Å²) < 4.78 is 103. The van der Waals surface area contributed by atoms with E-state index in [2.05, 4.69) is 54.6 Å². The molecule has 12 aromatic carbocycles. The molecule has 0 unspecified atom stereocenters. The van der Waals surface area contributed by atoms with Gasteiger partial charge in [-0.25, -0.2) is 0 Å². The quantitative estimate of drug-likeness (QED) is 0.152. The summed E-state index contributed by atoms with van der Waals surface area (Å²) in [6, 6.07) is 49.6. The maximum Gasteiger partial charge on any atom is 0.0651 e. The Labute approximate surface area is 370 Å². The highest BCUT2D eigenvalue weighted by molar-refractivity contribution is 6.22. The number of benzene rings is 12. The molecule has 0 aliphatic carbocycles. The molecule has 1 nitrogen and oxygen atoms in total. The van der Waals surface area contributed by atoms with E-state index in [0.717, 1.165) is 70.6 Å². The molecule has 0 amide bonds. The molecule has 12 rings (SSSR count). The Morgan fingerprint density at radius 3 is 1.57 bits per heavy atom. The molecule has 12 aromatic rings. The second-order valence-corrected chi connectivity index (χ2v) is 15.2. The Morgan fingerprint density at radius 2 is 0.852 bits per heavy atom. The lowest BCUT2D eigenvalue weighted by Gasteiger charge is -2.27. The topological polar surface area (TPSA) is 3.24 Å². The van der Waals surface area contributed by atoms with Crippen molar-refractivity contribution in [3.05, 3.63) is 236 Å². The molecule has 0 radical (unpaired) electrons. The first kappa shape index (κ1) is 25.5. The molecule has 0 fully saturated rings. The number of anilines is 3. The molecule has 61 heavy (non-hydrogen) atoms. The maximum atomic E-state index is 9.92. The zero-order valence-corrected chi connectivity index (χ0v) is 32.6. The van der Waals surface area contributed by atoms with E-state index in [1.54, 1.807) is 12.1 Å². The number of hydrogen-bond acceptors (Lipinski definition) is 1. The first-order chi connectivity index (χ1) is 34.8. The highest BCUT2D eigenvalue weighted by Gasteiger charge is 2.20. The summed E-state index contributed by atoms with van der Waals surface area (Å²) >= 11 is 0. The standard InChI is InChI=1S/C60H39N/c1-3-16-43-36-47(29-28-40(43)14-1)60-57-27-12-10-24-54(57)53-23-9-11-26-56(53)59(60)46-19-13-20-49(38-46)61(50-35-30-41-15-2-4-17-44(41)37-50)48-33-31-42(32-34-48)58-39-45-18-5-6-21-51(45)52-22-7-8-25-55(52)58/h1-39H/i2D,4D,15D,17D,30D,31D,32D,33D,34D,35D,37D. The third-order valence-electron chi connectivity index (χ3n) is 11.7. The molecule has 0 aromatic heterocycles. The van der Waals surface area contributed by atoms with Gasteiger partial charge >= 0.3 is 0 Å². The maximum absolute atomic E-state index is 9.92. The van der Waals surface area contributed by atoms with Crippen LogP contribution in [-0.4, -0.2) is 0 Å². The van der Waals surface area contributed by atoms with E-state index in [0.29, 0.717) is 11.1 Å². The lowest BCUT2D eigenvalue weighted by Crippen LogP contribution is -2.10. The molecule has 0 aliphatic rings. The van der Waals surface area contributed by atoms with Gasteiger partial charge in [0.05, 0.1) is 15.1 Å². The van der Waals surface area contributed by atoms with Gasteiger partial charge in [-0.1, -0.05) is 188 Å². The van der Waals surface area contributed by atoms with E-state index in [9.17, 15) is 9.60 Å². The number of fused-ring (bicyclic) bond motifs is 8. The Hall–Kier alpha value is -8.00. The SMILES string of the molecule is [2H]c1c([2H])c(N(c2cccc(-c3c(-c4ccc5ccccc5c4)c4ccccc4c4ccccc34)c2)c2c([2H])c([2H])c3c([2H])c([2H])c([2H])c([2H])c3c2[2H])c([2H])c([2H])c1-c1cc2ccccc2c2ccccc12. The largest absolute Gasteiger partial charge is 0.310 e. The molecular formula is C60H39N. The monoisotopic (exact) mass is 784 g/mol. The first-order valence-corrected chi connectivity index (χ1v) is 20.2. The highest BCUT2D eigenvalue weighted by Crippen LogP contribution is 2.47. The van der Waals surface area contributed by atoms with E-state index in [1.807, 2.05) is 103 Å². The Morgan fingerprint density at radius 1 is 0.295 bits per heavy atom. The van der Waals surface area contributed by atoms with E-state index >= 15 is 0 Å². The van der Waals surface area contributed by atoms with Crippen LogP contribution in [0, 0.1) is 0 Å². The summed E-state index contributed by atoms with van der Waals surface area (Å²) in [7, 11) is 0. The minimum atomic E-state index is -0.627. The Bertz CT molecular complexity index is 4290. The Balaban J connectivity index is 1.19. The third-order valence-corrected chi connectivity index (χ3v) is 11.7. The second kappa shape index (κ2) is 14.4. The molecule has 0 atom stereocenters. The zero-order chi connectivity index (χ0) is 49.9. The smallest absolute Gasteiger partial charge is 0.0651 e. The van der Waals surface area contributed by atoms with Crippen molar-refractivity contribution in [1.82, 2.24) is 0 Å². The molecule has 0 saturated heterocycles. The van der Waals surface area contributed by atoms with Gasteiger partial charge < -0.3 is 4.90 Å². The minimum absolute atomic E-state index is 0.0538. The van der Waals surface area contributed by atoms with E-state index in [1.165, 1.54) is 4.90 Å². The molecular weight excluding hydrogens is 735 g/mol. The molecule has 0 N–H and O–H groups in total. The van der Waals surface area contributed by atoms with E-state index < -0.39 is 54.4 Å². The summed E-state index contributed by atoms with van der Waals surface area (Å²) in [4.78, 5) is 1.30. The van der Waals surface area contributed by atoms with Gasteiger partial charge in [0.1, 0.15) is 0 Å². The molecule has 284 valence electrons. The lowest BCUT2D eigenvalue weighted by molar-refractivity contribution is 1.29. The lowest BCUT2D eigenvalue weighted by atomic mass is 9.84.